The monoisotopic (exact) mass is 1300 g/mol. The Kier molecular flexibility index (Phi) is 102. The van der Waals surface area contributed by atoms with Gasteiger partial charge in [-0.1, -0.05) is 447 Å². The molecule has 4 saturated carbocycles. The molecule has 3 heteroatoms. The van der Waals surface area contributed by atoms with E-state index in [1.807, 2.05) is 62.3 Å². The smallest absolute Gasteiger partial charge is 0.171 e. The average molecular weight is 1300 g/mol. The van der Waals surface area contributed by atoms with Crippen LogP contribution < -0.4 is 0 Å². The van der Waals surface area contributed by atoms with Gasteiger partial charge >= 0.3 is 6.18 Å². The molecule has 0 heterocycles. The highest BCUT2D eigenvalue weighted by molar-refractivity contribution is 4.86. The molecule has 0 saturated heterocycles. The molecular weight excluding hydrogens is 1100 g/mol. The topological polar surface area (TPSA) is 0 Å². The summed E-state index contributed by atoms with van der Waals surface area (Å²) in [5.41, 5.74) is 1.96. The number of hydrogen-bond acceptors (Lipinski definition) is 0. The number of alkyl halides is 3. The molecule has 90 heavy (non-hydrogen) atoms. The maximum Gasteiger partial charge on any atom is 0.394 e. The van der Waals surface area contributed by atoms with E-state index in [1.54, 1.807) is 0 Å². The predicted octanol–water partition coefficient (Wildman–Crippen LogP) is 35.7. The van der Waals surface area contributed by atoms with Gasteiger partial charge in [0.15, 0.2) is 0 Å². The quantitative estimate of drug-likeness (QED) is 0.257. The van der Waals surface area contributed by atoms with Crippen LogP contribution in [0, 0.1) is 79.3 Å². The minimum absolute atomic E-state index is 0.303. The Hall–Kier alpha value is -0.210. The van der Waals surface area contributed by atoms with Gasteiger partial charge in [-0.2, -0.15) is 13.2 Å². The maximum atomic E-state index is 12.5. The summed E-state index contributed by atoms with van der Waals surface area (Å²) in [6, 6.07) is 0. The van der Waals surface area contributed by atoms with E-state index in [0.717, 1.165) is 48.3 Å². The first kappa shape index (κ1) is 120. The van der Waals surface area contributed by atoms with Crippen LogP contribution in [0.25, 0.3) is 0 Å². The summed E-state index contributed by atoms with van der Waals surface area (Å²) in [6.45, 7) is 100.0. The highest BCUT2D eigenvalue weighted by atomic mass is 19.4. The fourth-order valence-electron chi connectivity index (χ4n) is 6.20. The molecule has 0 amide bonds. The van der Waals surface area contributed by atoms with Crippen LogP contribution in [0.3, 0.4) is 0 Å². The van der Waals surface area contributed by atoms with Gasteiger partial charge in [-0.05, 0) is 112 Å². The molecule has 0 aromatic heterocycles. The Morgan fingerprint density at radius 1 is 0.344 bits per heavy atom. The molecule has 566 valence electrons. The van der Waals surface area contributed by atoms with Crippen LogP contribution in [0.4, 0.5) is 13.2 Å². The van der Waals surface area contributed by atoms with Gasteiger partial charge in [0.1, 0.15) is 0 Å². The van der Waals surface area contributed by atoms with Crippen LogP contribution in [0.5, 0.6) is 0 Å². The Balaban J connectivity index is -0.0000000650. The van der Waals surface area contributed by atoms with Crippen molar-refractivity contribution in [2.24, 2.45) is 79.3 Å². The van der Waals surface area contributed by atoms with E-state index in [2.05, 4.69) is 249 Å². The van der Waals surface area contributed by atoms with Gasteiger partial charge in [0.2, 0.25) is 0 Å². The van der Waals surface area contributed by atoms with Crippen LogP contribution in [0.15, 0.2) is 0 Å². The van der Waals surface area contributed by atoms with Crippen molar-refractivity contribution in [2.45, 2.75) is 492 Å². The molecule has 0 atom stereocenters. The van der Waals surface area contributed by atoms with Crippen molar-refractivity contribution in [3.63, 3.8) is 0 Å². The predicted molar refractivity (Wildman–Crippen MR) is 429 cm³/mol. The molecule has 0 bridgehead atoms. The molecule has 0 spiro atoms. The zero-order valence-corrected chi connectivity index (χ0v) is 73.6. The fourth-order valence-corrected chi connectivity index (χ4v) is 6.20. The van der Waals surface area contributed by atoms with Gasteiger partial charge in [0.05, 0.1) is 5.41 Å². The molecule has 0 N–H and O–H groups in total. The third kappa shape index (κ3) is 140. The van der Waals surface area contributed by atoms with Crippen molar-refractivity contribution in [2.75, 3.05) is 0 Å². The van der Waals surface area contributed by atoms with E-state index < -0.39 is 11.6 Å². The van der Waals surface area contributed by atoms with Crippen LogP contribution >= 0.6 is 0 Å². The Morgan fingerprint density at radius 2 is 0.522 bits per heavy atom. The van der Waals surface area contributed by atoms with E-state index in [1.165, 1.54) is 148 Å². The Bertz CT molecular complexity index is 1120. The van der Waals surface area contributed by atoms with Crippen molar-refractivity contribution in [1.82, 2.24) is 0 Å². The maximum absolute atomic E-state index is 12.5. The van der Waals surface area contributed by atoms with Crippen LogP contribution in [0.2, 0.25) is 0 Å². The molecule has 0 radical (unpaired) electrons. The number of rotatable bonds is 5. The summed E-state index contributed by atoms with van der Waals surface area (Å²) in [5, 5.41) is 0. The third-order valence-corrected chi connectivity index (χ3v) is 16.5. The molecule has 0 nitrogen and oxygen atoms in total. The molecular formula is C87H197F3. The molecule has 0 aromatic carbocycles. The first-order valence-corrected chi connectivity index (χ1v) is 39.8. The van der Waals surface area contributed by atoms with E-state index in [-0.39, 0.29) is 0 Å². The summed E-state index contributed by atoms with van der Waals surface area (Å²) in [6.07, 6.45) is 28.8. The van der Waals surface area contributed by atoms with Crippen molar-refractivity contribution in [3.05, 3.63) is 0 Å². The minimum Gasteiger partial charge on any atom is -0.171 e. The van der Waals surface area contributed by atoms with Gasteiger partial charge in [0.25, 0.3) is 0 Å². The van der Waals surface area contributed by atoms with Crippen LogP contribution in [-0.4, -0.2) is 6.18 Å². The summed E-state index contributed by atoms with van der Waals surface area (Å²) < 4.78 is 37.4. The van der Waals surface area contributed by atoms with Gasteiger partial charge in [-0.25, -0.2) is 0 Å². The lowest BCUT2D eigenvalue weighted by atomic mass is 9.72. The van der Waals surface area contributed by atoms with Crippen molar-refractivity contribution >= 4 is 0 Å². The zero-order valence-electron chi connectivity index (χ0n) is 73.6. The van der Waals surface area contributed by atoms with Gasteiger partial charge < -0.3 is 0 Å². The van der Waals surface area contributed by atoms with Crippen molar-refractivity contribution in [1.29, 1.82) is 0 Å². The highest BCUT2D eigenvalue weighted by Gasteiger charge is 2.51. The number of hydrogen-bond donors (Lipinski definition) is 0. The molecule has 4 aliphatic rings. The first-order valence-electron chi connectivity index (χ1n) is 39.8. The minimum atomic E-state index is -4.01. The lowest BCUT2D eigenvalue weighted by Gasteiger charge is -2.37. The Labute approximate surface area is 581 Å². The highest BCUT2D eigenvalue weighted by Crippen LogP contribution is 2.49. The zero-order chi connectivity index (χ0) is 75.4. The summed E-state index contributed by atoms with van der Waals surface area (Å²) >= 11 is 0. The van der Waals surface area contributed by atoms with Crippen molar-refractivity contribution in [3.8, 4) is 0 Å². The average Bonchev–Trinajstić information content (AvgIpc) is 3.95. The van der Waals surface area contributed by atoms with Crippen LogP contribution in [0.1, 0.15) is 485 Å². The summed E-state index contributed by atoms with van der Waals surface area (Å²) in [7, 11) is 0. The molecule has 4 aliphatic carbocycles. The second kappa shape index (κ2) is 76.2. The standard InChI is InChI=1S/C9H15F3.C9H18.C7H14.C7H16.C6H12.4C6H14.2C5H12.C4H10.C3H8.4C2H6/c1-7-3-5-8(2,6-4-7)9(10,11)12;1-8-4-6-9(2,3)7-5-8;1-7-5-3-2-4-6-7;1-5-7(3,4)6-2;1-6-4-2-3-5-6;3*1-5-6(2,3)4;1-4-6(3)5-2;1-5(2,3)4;1-4-5(2)3;1-4(2)3;1-3-2;4*1-2/h7H,3-6H2,1-2H3;8H,4-7H2,1-3H3;7H,2-6H2,1H3;5-6H2,1-4H3;6H,2-5H2,1H3;3*5H2,1-4H3;6H,4-5H2,1-3H3;1-4H3;5H,4H2,1-3H3;4H,1-3H3;3H2,1-2H3;4*1-2H3. The fraction of sp³-hybridized carbons (Fsp3) is 1.00. The summed E-state index contributed by atoms with van der Waals surface area (Å²) in [4.78, 5) is 0. The van der Waals surface area contributed by atoms with E-state index >= 15 is 0 Å². The van der Waals surface area contributed by atoms with E-state index in [9.17, 15) is 13.2 Å². The Morgan fingerprint density at radius 3 is 0.611 bits per heavy atom. The van der Waals surface area contributed by atoms with E-state index in [0.29, 0.717) is 51.2 Å². The van der Waals surface area contributed by atoms with Gasteiger partial charge in [0, 0.05) is 0 Å². The SMILES string of the molecule is CC.CC.CC.CC.CC(C)(C)C.CC(C)C.CC1CCC(C)(C(F)(F)F)CC1.CC1CCC(C)(C)CC1.CC1CCCC1.CC1CCCCC1.CCC.CCC(C)(C)C.CCC(C)(C)C.CCC(C)(C)C.CCC(C)(C)CC.CCC(C)C.CCC(C)CC. The summed E-state index contributed by atoms with van der Waals surface area (Å²) in [5.74, 6) is 6.21. The second-order valence-corrected chi connectivity index (χ2v) is 34.5. The second-order valence-electron chi connectivity index (χ2n) is 34.5. The van der Waals surface area contributed by atoms with Crippen LogP contribution in [-0.2, 0) is 0 Å². The normalized spacial score (nSPS) is 17.7. The molecule has 4 fully saturated rings. The number of halogens is 3. The van der Waals surface area contributed by atoms with Gasteiger partial charge in [-0.3, -0.25) is 0 Å². The lowest BCUT2D eigenvalue weighted by Crippen LogP contribution is -2.38. The molecule has 0 unspecified atom stereocenters. The molecule has 0 aromatic rings. The van der Waals surface area contributed by atoms with Crippen molar-refractivity contribution < 1.29 is 13.2 Å². The molecule has 0 aliphatic heterocycles. The lowest BCUT2D eigenvalue weighted by molar-refractivity contribution is -0.229. The molecule has 4 rings (SSSR count). The largest absolute Gasteiger partial charge is 0.394 e. The van der Waals surface area contributed by atoms with E-state index in [4.69, 9.17) is 0 Å². The third-order valence-electron chi connectivity index (χ3n) is 16.5. The van der Waals surface area contributed by atoms with Gasteiger partial charge in [-0.15, -0.1) is 0 Å². The first-order chi connectivity index (χ1) is 40.8.